The van der Waals surface area contributed by atoms with Gasteiger partial charge >= 0.3 is 5.97 Å². The average molecular weight is 384 g/mol. The van der Waals surface area contributed by atoms with E-state index in [0.29, 0.717) is 23.1 Å². The maximum Gasteiger partial charge on any atom is 0.311 e. The lowest BCUT2D eigenvalue weighted by Crippen LogP contribution is -2.21. The van der Waals surface area contributed by atoms with Crippen LogP contribution in [0.5, 0.6) is 0 Å². The molecule has 0 atom stereocenters. The predicted molar refractivity (Wildman–Crippen MR) is 90.2 cm³/mol. The molecule has 0 saturated heterocycles. The molecule has 0 aliphatic heterocycles. The first-order valence-corrected chi connectivity index (χ1v) is 9.10. The van der Waals surface area contributed by atoms with Crippen molar-refractivity contribution in [3.05, 3.63) is 28.5 Å². The highest BCUT2D eigenvalue weighted by atomic mass is 32.1. The van der Waals surface area contributed by atoms with Crippen molar-refractivity contribution < 1.29 is 23.1 Å². The zero-order valence-corrected chi connectivity index (χ0v) is 14.9. The predicted octanol–water partition coefficient (Wildman–Crippen LogP) is 2.90. The highest BCUT2D eigenvalue weighted by molar-refractivity contribution is 7.13. The van der Waals surface area contributed by atoms with Crippen molar-refractivity contribution in [2.24, 2.45) is 0 Å². The molecule has 1 aliphatic carbocycles. The summed E-state index contributed by atoms with van der Waals surface area (Å²) in [6.07, 6.45) is -0.802. The van der Waals surface area contributed by atoms with E-state index in [2.05, 4.69) is 15.4 Å². The molecule has 1 saturated carbocycles. The summed E-state index contributed by atoms with van der Waals surface area (Å²) in [5, 5.41) is 8.45. The van der Waals surface area contributed by atoms with Gasteiger partial charge in [-0.25, -0.2) is 13.8 Å². The fraction of sp³-hybridized carbons (Fsp3) is 0.500. The molecular formula is C16H18F2N4O3S. The molecule has 1 N–H and O–H groups in total. The van der Waals surface area contributed by atoms with E-state index in [1.807, 2.05) is 0 Å². The minimum atomic E-state index is -2.67. The molecule has 2 aromatic heterocycles. The summed E-state index contributed by atoms with van der Waals surface area (Å²) in [5.41, 5.74) is 0.852. The van der Waals surface area contributed by atoms with E-state index in [-0.39, 0.29) is 30.5 Å². The summed E-state index contributed by atoms with van der Waals surface area (Å²) < 4.78 is 31.9. The van der Waals surface area contributed by atoms with Gasteiger partial charge in [0.15, 0.2) is 5.13 Å². The highest BCUT2D eigenvalue weighted by Crippen LogP contribution is 2.41. The molecule has 10 heteroatoms. The Balaban J connectivity index is 1.61. The lowest BCUT2D eigenvalue weighted by Gasteiger charge is -2.06. The van der Waals surface area contributed by atoms with Gasteiger partial charge in [0, 0.05) is 17.0 Å². The van der Waals surface area contributed by atoms with Gasteiger partial charge in [-0.05, 0) is 25.8 Å². The monoisotopic (exact) mass is 384 g/mol. The van der Waals surface area contributed by atoms with Crippen LogP contribution < -0.4 is 5.32 Å². The second-order valence-electron chi connectivity index (χ2n) is 5.90. The molecule has 2 aromatic rings. The average Bonchev–Trinajstić information content (AvgIpc) is 3.19. The molecular weight excluding hydrogens is 366 g/mol. The van der Waals surface area contributed by atoms with Crippen LogP contribution in [0, 0.1) is 0 Å². The summed E-state index contributed by atoms with van der Waals surface area (Å²) in [7, 11) is 0. The standard InChI is InChI=1S/C16H18F2N4O3S/c1-2-25-14(24)5-10-8-26-16(19-10)20-13(23)7-22-12(9-3-4-9)6-11(21-22)15(17)18/h6,8-9,15H,2-5,7H2,1H3,(H,19,20,23). The van der Waals surface area contributed by atoms with Gasteiger partial charge in [-0.15, -0.1) is 11.3 Å². The minimum absolute atomic E-state index is 0.0307. The van der Waals surface area contributed by atoms with E-state index < -0.39 is 12.3 Å². The largest absolute Gasteiger partial charge is 0.466 e. The Morgan fingerprint density at radius 2 is 2.23 bits per heavy atom. The molecule has 0 radical (unpaired) electrons. The second-order valence-corrected chi connectivity index (χ2v) is 6.76. The fourth-order valence-corrected chi connectivity index (χ4v) is 3.22. The maximum absolute atomic E-state index is 12.9. The van der Waals surface area contributed by atoms with E-state index in [9.17, 15) is 18.4 Å². The molecule has 1 aliphatic rings. The summed E-state index contributed by atoms with van der Waals surface area (Å²) in [4.78, 5) is 27.8. The van der Waals surface area contributed by atoms with Crippen molar-refractivity contribution >= 4 is 28.3 Å². The maximum atomic E-state index is 12.9. The first-order valence-electron chi connectivity index (χ1n) is 8.22. The molecule has 2 heterocycles. The van der Waals surface area contributed by atoms with Crippen LogP contribution in [-0.2, 0) is 27.3 Å². The van der Waals surface area contributed by atoms with Crippen molar-refractivity contribution in [1.29, 1.82) is 0 Å². The van der Waals surface area contributed by atoms with Crippen LogP contribution in [-0.4, -0.2) is 33.2 Å². The van der Waals surface area contributed by atoms with E-state index in [1.165, 1.54) is 22.1 Å². The first kappa shape index (κ1) is 18.4. The van der Waals surface area contributed by atoms with Gasteiger partial charge in [0.1, 0.15) is 12.2 Å². The molecule has 26 heavy (non-hydrogen) atoms. The SMILES string of the molecule is CCOC(=O)Cc1csc(NC(=O)Cn2nc(C(F)F)cc2C2CC2)n1. The van der Waals surface area contributed by atoms with E-state index in [4.69, 9.17) is 4.74 Å². The molecule has 7 nitrogen and oxygen atoms in total. The second kappa shape index (κ2) is 7.90. The number of amides is 1. The number of ether oxygens (including phenoxy) is 1. The van der Waals surface area contributed by atoms with Crippen LogP contribution in [0.1, 0.15) is 49.2 Å². The summed E-state index contributed by atoms with van der Waals surface area (Å²) in [5.74, 6) is -0.604. The molecule has 0 bridgehead atoms. The first-order chi connectivity index (χ1) is 12.5. The number of anilines is 1. The zero-order valence-electron chi connectivity index (χ0n) is 14.1. The number of hydrogen-bond donors (Lipinski definition) is 1. The Labute approximate surface area is 152 Å². The number of nitrogens with zero attached hydrogens (tertiary/aromatic N) is 3. The van der Waals surface area contributed by atoms with E-state index in [0.717, 1.165) is 12.8 Å². The van der Waals surface area contributed by atoms with Crippen LogP contribution in [0.2, 0.25) is 0 Å². The zero-order chi connectivity index (χ0) is 18.7. The number of nitrogens with one attached hydrogen (secondary N) is 1. The number of halogens is 2. The minimum Gasteiger partial charge on any atom is -0.466 e. The Hall–Kier alpha value is -2.36. The number of carbonyl (C=O) groups is 2. The summed E-state index contributed by atoms with van der Waals surface area (Å²) in [6, 6.07) is 1.37. The third kappa shape index (κ3) is 4.63. The number of rotatable bonds is 8. The Bertz CT molecular complexity index is 801. The molecule has 1 fully saturated rings. The topological polar surface area (TPSA) is 86.1 Å². The number of hydrogen-bond acceptors (Lipinski definition) is 6. The number of esters is 1. The van der Waals surface area contributed by atoms with Crippen LogP contribution >= 0.6 is 11.3 Å². The van der Waals surface area contributed by atoms with Gasteiger partial charge in [0.05, 0.1) is 18.7 Å². The number of alkyl halides is 2. The number of aromatic nitrogens is 3. The van der Waals surface area contributed by atoms with Gasteiger partial charge in [0.2, 0.25) is 5.91 Å². The smallest absolute Gasteiger partial charge is 0.311 e. The van der Waals surface area contributed by atoms with Crippen LogP contribution in [0.4, 0.5) is 13.9 Å². The highest BCUT2D eigenvalue weighted by Gasteiger charge is 2.30. The van der Waals surface area contributed by atoms with Crippen molar-refractivity contribution in [2.45, 2.75) is 45.1 Å². The van der Waals surface area contributed by atoms with Gasteiger partial charge in [-0.1, -0.05) is 0 Å². The van der Waals surface area contributed by atoms with Crippen molar-refractivity contribution in [1.82, 2.24) is 14.8 Å². The molecule has 3 rings (SSSR count). The normalized spacial score (nSPS) is 13.8. The molecule has 0 aromatic carbocycles. The van der Waals surface area contributed by atoms with Gasteiger partial charge in [-0.3, -0.25) is 14.3 Å². The molecule has 1 amide bonds. The quantitative estimate of drug-likeness (QED) is 0.708. The Morgan fingerprint density at radius 1 is 1.46 bits per heavy atom. The fourth-order valence-electron chi connectivity index (χ4n) is 2.49. The van der Waals surface area contributed by atoms with E-state index in [1.54, 1.807) is 12.3 Å². The third-order valence-electron chi connectivity index (χ3n) is 3.77. The van der Waals surface area contributed by atoms with Crippen LogP contribution in [0.15, 0.2) is 11.4 Å². The molecule has 0 spiro atoms. The van der Waals surface area contributed by atoms with Gasteiger partial charge in [-0.2, -0.15) is 5.10 Å². The van der Waals surface area contributed by atoms with Crippen molar-refractivity contribution in [2.75, 3.05) is 11.9 Å². The Morgan fingerprint density at radius 3 is 2.88 bits per heavy atom. The molecule has 140 valence electrons. The summed E-state index contributed by atoms with van der Waals surface area (Å²) in [6.45, 7) is 1.85. The van der Waals surface area contributed by atoms with Gasteiger partial charge < -0.3 is 10.1 Å². The number of thiazole rings is 1. The molecule has 0 unspecified atom stereocenters. The lowest BCUT2D eigenvalue weighted by atomic mass is 10.2. The Kier molecular flexibility index (Phi) is 5.60. The third-order valence-corrected chi connectivity index (χ3v) is 4.58. The van der Waals surface area contributed by atoms with E-state index >= 15 is 0 Å². The van der Waals surface area contributed by atoms with Crippen molar-refractivity contribution in [3.8, 4) is 0 Å². The number of carbonyl (C=O) groups excluding carboxylic acids is 2. The lowest BCUT2D eigenvalue weighted by molar-refractivity contribution is -0.142. The van der Waals surface area contributed by atoms with Crippen LogP contribution in [0.3, 0.4) is 0 Å². The van der Waals surface area contributed by atoms with Crippen LogP contribution in [0.25, 0.3) is 0 Å². The van der Waals surface area contributed by atoms with Gasteiger partial charge in [0.25, 0.3) is 6.43 Å². The van der Waals surface area contributed by atoms with Crippen molar-refractivity contribution in [3.63, 3.8) is 0 Å². The summed E-state index contributed by atoms with van der Waals surface area (Å²) >= 11 is 1.18.